The number of halogens is 2. The maximum absolute atomic E-state index is 6.18. The SMILES string of the molecule is Clc1nc(Cl)c2cnc(-c3cc(Oc4ccccc4)cc4ccccc34)cc2n1. The van der Waals surface area contributed by atoms with E-state index in [-0.39, 0.29) is 10.4 Å². The number of rotatable bonds is 3. The summed E-state index contributed by atoms with van der Waals surface area (Å²) in [6, 6.07) is 23.6. The van der Waals surface area contributed by atoms with Crippen LogP contribution in [0.4, 0.5) is 0 Å². The van der Waals surface area contributed by atoms with Gasteiger partial charge in [-0.1, -0.05) is 54.1 Å². The first-order chi connectivity index (χ1) is 14.2. The van der Waals surface area contributed by atoms with Gasteiger partial charge >= 0.3 is 0 Å². The monoisotopic (exact) mass is 417 g/mol. The van der Waals surface area contributed by atoms with Gasteiger partial charge in [0.15, 0.2) is 0 Å². The fraction of sp³-hybridized carbons (Fsp3) is 0. The Hall–Kier alpha value is -3.21. The molecule has 0 atom stereocenters. The van der Waals surface area contributed by atoms with Crippen molar-refractivity contribution in [3.05, 3.63) is 89.4 Å². The molecular formula is C23H13Cl2N3O. The summed E-state index contributed by atoms with van der Waals surface area (Å²) in [5.74, 6) is 1.50. The summed E-state index contributed by atoms with van der Waals surface area (Å²) in [4.78, 5) is 12.9. The van der Waals surface area contributed by atoms with E-state index in [2.05, 4.69) is 21.0 Å². The lowest BCUT2D eigenvalue weighted by atomic mass is 10.0. The molecule has 0 aliphatic carbocycles. The number of fused-ring (bicyclic) bond motifs is 2. The lowest BCUT2D eigenvalue weighted by Gasteiger charge is -2.12. The van der Waals surface area contributed by atoms with E-state index in [0.29, 0.717) is 10.9 Å². The molecule has 0 saturated carbocycles. The molecule has 0 fully saturated rings. The van der Waals surface area contributed by atoms with Gasteiger partial charge in [-0.15, -0.1) is 0 Å². The number of hydrogen-bond donors (Lipinski definition) is 0. The molecule has 5 aromatic rings. The van der Waals surface area contributed by atoms with Crippen LogP contribution >= 0.6 is 23.2 Å². The van der Waals surface area contributed by atoms with Crippen LogP contribution in [0.25, 0.3) is 32.9 Å². The first-order valence-electron chi connectivity index (χ1n) is 8.92. The van der Waals surface area contributed by atoms with Crippen molar-refractivity contribution in [3.8, 4) is 22.8 Å². The number of para-hydroxylation sites is 1. The first kappa shape index (κ1) is 17.9. The van der Waals surface area contributed by atoms with Crippen LogP contribution in [-0.4, -0.2) is 15.0 Å². The molecule has 3 aromatic carbocycles. The second-order valence-corrected chi connectivity index (χ2v) is 7.17. The highest BCUT2D eigenvalue weighted by molar-refractivity contribution is 6.35. The molecular weight excluding hydrogens is 405 g/mol. The Morgan fingerprint density at radius 3 is 2.38 bits per heavy atom. The second kappa shape index (κ2) is 7.32. The lowest BCUT2D eigenvalue weighted by Crippen LogP contribution is -1.92. The molecule has 0 spiro atoms. The zero-order valence-electron chi connectivity index (χ0n) is 15.0. The standard InChI is InChI=1S/C23H13Cl2N3O/c24-22-19-13-26-20(12-21(19)27-23(25)28-22)18-11-16(29-15-7-2-1-3-8-15)10-14-6-4-5-9-17(14)18/h1-13H. The molecule has 0 saturated heterocycles. The summed E-state index contributed by atoms with van der Waals surface area (Å²) in [6.07, 6.45) is 1.67. The number of aromatic nitrogens is 3. The Labute approximate surface area is 176 Å². The van der Waals surface area contributed by atoms with Crippen LogP contribution in [0.3, 0.4) is 0 Å². The van der Waals surface area contributed by atoms with Crippen LogP contribution in [-0.2, 0) is 0 Å². The summed E-state index contributed by atoms with van der Waals surface area (Å²) < 4.78 is 6.08. The van der Waals surface area contributed by atoms with Crippen molar-refractivity contribution in [2.24, 2.45) is 0 Å². The number of hydrogen-bond acceptors (Lipinski definition) is 4. The van der Waals surface area contributed by atoms with Crippen molar-refractivity contribution < 1.29 is 4.74 Å². The van der Waals surface area contributed by atoms with E-state index in [1.807, 2.05) is 66.7 Å². The van der Waals surface area contributed by atoms with Crippen LogP contribution in [0, 0.1) is 0 Å². The first-order valence-corrected chi connectivity index (χ1v) is 9.68. The van der Waals surface area contributed by atoms with E-state index in [9.17, 15) is 0 Å². The van der Waals surface area contributed by atoms with Gasteiger partial charge in [0.05, 0.1) is 16.6 Å². The van der Waals surface area contributed by atoms with Crippen molar-refractivity contribution in [1.29, 1.82) is 0 Å². The maximum atomic E-state index is 6.18. The fourth-order valence-corrected chi connectivity index (χ4v) is 3.73. The molecule has 0 bridgehead atoms. The van der Waals surface area contributed by atoms with Crippen molar-refractivity contribution in [3.63, 3.8) is 0 Å². The minimum Gasteiger partial charge on any atom is -0.457 e. The molecule has 0 amide bonds. The van der Waals surface area contributed by atoms with Gasteiger partial charge in [0.1, 0.15) is 16.7 Å². The van der Waals surface area contributed by atoms with E-state index < -0.39 is 0 Å². The van der Waals surface area contributed by atoms with Crippen molar-refractivity contribution in [2.75, 3.05) is 0 Å². The Kier molecular flexibility index (Phi) is 4.51. The average Bonchev–Trinajstić information content (AvgIpc) is 2.73. The average molecular weight is 418 g/mol. The topological polar surface area (TPSA) is 47.9 Å². The van der Waals surface area contributed by atoms with Crippen LogP contribution in [0.2, 0.25) is 10.4 Å². The molecule has 5 rings (SSSR count). The molecule has 0 aliphatic heterocycles. The highest BCUT2D eigenvalue weighted by atomic mass is 35.5. The highest BCUT2D eigenvalue weighted by Crippen LogP contribution is 2.35. The highest BCUT2D eigenvalue weighted by Gasteiger charge is 2.12. The largest absolute Gasteiger partial charge is 0.457 e. The van der Waals surface area contributed by atoms with E-state index in [0.717, 1.165) is 33.5 Å². The van der Waals surface area contributed by atoms with Gasteiger partial charge in [-0.05, 0) is 52.7 Å². The molecule has 2 heterocycles. The van der Waals surface area contributed by atoms with E-state index >= 15 is 0 Å². The molecule has 4 nitrogen and oxygen atoms in total. The van der Waals surface area contributed by atoms with Crippen molar-refractivity contribution >= 4 is 44.9 Å². The zero-order chi connectivity index (χ0) is 19.8. The zero-order valence-corrected chi connectivity index (χ0v) is 16.5. The van der Waals surface area contributed by atoms with E-state index in [4.69, 9.17) is 27.9 Å². The summed E-state index contributed by atoms with van der Waals surface area (Å²) >= 11 is 12.2. The minimum absolute atomic E-state index is 0.102. The van der Waals surface area contributed by atoms with Gasteiger partial charge in [-0.3, -0.25) is 4.98 Å². The summed E-state index contributed by atoms with van der Waals surface area (Å²) in [5.41, 5.74) is 2.32. The van der Waals surface area contributed by atoms with Crippen molar-refractivity contribution in [2.45, 2.75) is 0 Å². The van der Waals surface area contributed by atoms with Gasteiger partial charge in [-0.25, -0.2) is 9.97 Å². The summed E-state index contributed by atoms with van der Waals surface area (Å²) in [7, 11) is 0. The maximum Gasteiger partial charge on any atom is 0.224 e. The Bertz CT molecular complexity index is 1360. The van der Waals surface area contributed by atoms with E-state index in [1.165, 1.54) is 0 Å². The number of benzene rings is 3. The third-order valence-corrected chi connectivity index (χ3v) is 5.05. The Balaban J connectivity index is 1.70. The molecule has 140 valence electrons. The second-order valence-electron chi connectivity index (χ2n) is 6.48. The summed E-state index contributed by atoms with van der Waals surface area (Å²) in [6.45, 7) is 0. The van der Waals surface area contributed by atoms with Crippen LogP contribution in [0.1, 0.15) is 0 Å². The van der Waals surface area contributed by atoms with Gasteiger partial charge in [0, 0.05) is 11.8 Å². The van der Waals surface area contributed by atoms with Gasteiger partial charge in [0.2, 0.25) is 5.28 Å². The molecule has 0 unspecified atom stereocenters. The lowest BCUT2D eigenvalue weighted by molar-refractivity contribution is 0.483. The molecule has 29 heavy (non-hydrogen) atoms. The van der Waals surface area contributed by atoms with Gasteiger partial charge in [0.25, 0.3) is 0 Å². The third-order valence-electron chi connectivity index (χ3n) is 4.60. The summed E-state index contributed by atoms with van der Waals surface area (Å²) in [5, 5.41) is 3.15. The Morgan fingerprint density at radius 2 is 1.52 bits per heavy atom. The van der Waals surface area contributed by atoms with E-state index in [1.54, 1.807) is 6.20 Å². The predicted molar refractivity (Wildman–Crippen MR) is 117 cm³/mol. The molecule has 6 heteroatoms. The predicted octanol–water partition coefficient (Wildman–Crippen LogP) is 6.94. The van der Waals surface area contributed by atoms with Crippen molar-refractivity contribution in [1.82, 2.24) is 15.0 Å². The van der Waals surface area contributed by atoms with Crippen LogP contribution < -0.4 is 4.74 Å². The number of pyridine rings is 1. The number of ether oxygens (including phenoxy) is 1. The van der Waals surface area contributed by atoms with Gasteiger partial charge < -0.3 is 4.74 Å². The van der Waals surface area contributed by atoms with Crippen LogP contribution in [0.5, 0.6) is 11.5 Å². The number of nitrogens with zero attached hydrogens (tertiary/aromatic N) is 3. The van der Waals surface area contributed by atoms with Gasteiger partial charge in [-0.2, -0.15) is 0 Å². The Morgan fingerprint density at radius 1 is 0.724 bits per heavy atom. The minimum atomic E-state index is 0.102. The molecule has 2 aromatic heterocycles. The third kappa shape index (κ3) is 3.48. The molecule has 0 radical (unpaired) electrons. The normalized spacial score (nSPS) is 11.1. The van der Waals surface area contributed by atoms with Crippen LogP contribution in [0.15, 0.2) is 79.0 Å². The quantitative estimate of drug-likeness (QED) is 0.235. The smallest absolute Gasteiger partial charge is 0.224 e. The molecule has 0 N–H and O–H groups in total. The fourth-order valence-electron chi connectivity index (χ4n) is 3.29. The molecule has 0 aliphatic rings.